The van der Waals surface area contributed by atoms with Crippen molar-refractivity contribution in [1.29, 1.82) is 0 Å². The number of ether oxygens (including phenoxy) is 1. The number of hydrogen-bond donors (Lipinski definition) is 4. The number of hydrogen-bond acceptors (Lipinski definition) is 28. The number of nitrogen functional groups attached to an aromatic ring is 1. The Morgan fingerprint density at radius 2 is 1.04 bits per heavy atom. The van der Waals surface area contributed by atoms with Gasteiger partial charge in [0.05, 0.1) is 44.2 Å². The molecule has 0 unspecified atom stereocenters. The number of nitrogens with zero attached hydrogens (tertiary/aromatic N) is 4. The molecule has 0 radical (unpaired) electrons. The second-order valence-corrected chi connectivity index (χ2v) is 15.3. The summed E-state index contributed by atoms with van der Waals surface area (Å²) in [5.74, 6) is 0.218. The van der Waals surface area contributed by atoms with E-state index in [2.05, 4.69) is 32.2 Å². The molecule has 2 aromatic heterocycles. The van der Waals surface area contributed by atoms with Gasteiger partial charge in [-0.2, -0.15) is 0 Å². The predicted molar refractivity (Wildman–Crippen MR) is 113 cm³/mol. The molecule has 50 heavy (non-hydrogen) atoms. The van der Waals surface area contributed by atoms with Gasteiger partial charge in [0, 0.05) is 0 Å². The van der Waals surface area contributed by atoms with Gasteiger partial charge in [-0.25, -0.2) is 15.0 Å². The molecule has 0 amide bonds. The second-order valence-electron chi connectivity index (χ2n) is 7.32. The van der Waals surface area contributed by atoms with Crippen LogP contribution >= 0.6 is 46.9 Å². The fourth-order valence-corrected chi connectivity index (χ4v) is 7.38. The first-order valence-electron chi connectivity index (χ1n) is 10.1. The number of imidazole rings is 1. The van der Waals surface area contributed by atoms with E-state index in [-0.39, 0.29) is 103 Å². The summed E-state index contributed by atoms with van der Waals surface area (Å²) >= 11 is 0. The van der Waals surface area contributed by atoms with Gasteiger partial charge in [0.15, 0.2) is 17.7 Å². The number of fused-ring (bicyclic) bond motifs is 1. The van der Waals surface area contributed by atoms with Crippen LogP contribution in [0.25, 0.3) is 11.2 Å². The number of anilines is 1. The minimum atomic E-state index is -5.97. The van der Waals surface area contributed by atoms with Gasteiger partial charge in [-0.1, -0.05) is 0 Å². The zero-order chi connectivity index (χ0) is 35.4. The van der Waals surface area contributed by atoms with Crippen LogP contribution in [0.4, 0.5) is 5.82 Å². The molecule has 0 aromatic carbocycles. The van der Waals surface area contributed by atoms with Crippen LogP contribution in [-0.2, 0) is 147 Å². The van der Waals surface area contributed by atoms with Gasteiger partial charge in [0.2, 0.25) is 0 Å². The second kappa shape index (κ2) is 24.0. The molecule has 4 atom stereocenters. The standard InChI is InChI=1S/C10H13N5O4.2H5O10P3.5Zn/c11-8-5-9(13-2-12-8)15(3-14-5)10-7(18)6(17)4(1-16)19-10;2*1-11(2,3)9-13(7,8)10-12(4,5)6;;;;;/h2-4,6-7,10,16-18H,1H2,(H2,11,12,13);2*(H,7,8)(H2,1,2,3)(H2,4,5,6);;;;;/q;;;5*+2/p-10/t4-,6-,7-,10-;;;;;;;/m1......./s1. The number of aliphatic hydroxyl groups is 3. The third-order valence-corrected chi connectivity index (χ3v) is 10.4. The quantitative estimate of drug-likeness (QED) is 0.127. The largest absolute Gasteiger partial charge is 2.00 e. The monoisotopic (exact) mass is 1090 g/mol. The molecule has 2 aromatic rings. The normalized spacial score (nSPS) is 19.4. The molecule has 0 bridgehead atoms. The Balaban J connectivity index is -0.000000199. The number of aliphatic hydroxyl groups excluding tert-OH is 3. The van der Waals surface area contributed by atoms with E-state index in [0.717, 1.165) is 0 Å². The van der Waals surface area contributed by atoms with Gasteiger partial charge in [0.25, 0.3) is 15.6 Å². The molecule has 1 aliphatic heterocycles. The summed E-state index contributed by atoms with van der Waals surface area (Å²) in [6.07, 6.45) is -1.42. The summed E-state index contributed by atoms with van der Waals surface area (Å²) in [5.41, 5.74) is 6.44. The smallest absolute Gasteiger partial charge is 0.790 e. The zero-order valence-electron chi connectivity index (χ0n) is 24.2. The van der Waals surface area contributed by atoms with E-state index < -0.39 is 78.1 Å². The first-order valence-corrected chi connectivity index (χ1v) is 18.8. The fourth-order valence-electron chi connectivity index (χ4n) is 2.69. The molecule has 0 aliphatic carbocycles. The minimum absolute atomic E-state index is 0. The first-order chi connectivity index (χ1) is 20.0. The molecular weight excluding hydrogens is 1090 g/mol. The van der Waals surface area contributed by atoms with Crippen molar-refractivity contribution < 1.29 is 211 Å². The topological polar surface area (TPSA) is 509 Å². The van der Waals surface area contributed by atoms with E-state index in [1.54, 1.807) is 0 Å². The van der Waals surface area contributed by atoms with Gasteiger partial charge in [-0.15, -0.1) is 0 Å². The number of nitrogens with two attached hydrogens (primary N) is 1. The van der Waals surface area contributed by atoms with Gasteiger partial charge in [0.1, 0.15) is 30.2 Å². The molecule has 0 spiro atoms. The van der Waals surface area contributed by atoms with E-state index in [1.165, 1.54) is 17.2 Å². The van der Waals surface area contributed by atoms with Crippen LogP contribution < -0.4 is 54.7 Å². The van der Waals surface area contributed by atoms with Crippen LogP contribution in [0.5, 0.6) is 0 Å². The molecular formula is C10H13N5O24P6Zn5. The Hall–Kier alpha value is 2.13. The Labute approximate surface area is 341 Å². The molecule has 3 rings (SSSR count). The van der Waals surface area contributed by atoms with Crippen molar-refractivity contribution >= 4 is 63.9 Å². The zero-order valence-corrected chi connectivity index (χ0v) is 44.4. The summed E-state index contributed by atoms with van der Waals surface area (Å²) in [6, 6.07) is 0. The summed E-state index contributed by atoms with van der Waals surface area (Å²) in [6.45, 7) is -0.390. The van der Waals surface area contributed by atoms with E-state index in [1.807, 2.05) is 0 Å². The van der Waals surface area contributed by atoms with Gasteiger partial charge >= 0.3 is 97.4 Å². The van der Waals surface area contributed by atoms with Crippen molar-refractivity contribution in [3.63, 3.8) is 0 Å². The molecule has 0 saturated carbocycles. The number of rotatable bonds is 10. The van der Waals surface area contributed by atoms with Gasteiger partial charge in [-0.05, 0) is 0 Å². The van der Waals surface area contributed by atoms with Crippen LogP contribution in [0.1, 0.15) is 6.23 Å². The minimum Gasteiger partial charge on any atom is -0.790 e. The third-order valence-electron chi connectivity index (χ3n) is 3.98. The van der Waals surface area contributed by atoms with Gasteiger partial charge < -0.3 is 93.0 Å². The molecule has 29 nitrogen and oxygen atoms in total. The Morgan fingerprint density at radius 3 is 1.34 bits per heavy atom. The summed E-state index contributed by atoms with van der Waals surface area (Å²) in [4.78, 5) is 109. The van der Waals surface area contributed by atoms with Crippen LogP contribution in [0, 0.1) is 0 Å². The Kier molecular flexibility index (Phi) is 29.5. The maximum absolute atomic E-state index is 10.1. The predicted octanol–water partition coefficient (Wildman–Crippen LogP) is -9.70. The summed E-state index contributed by atoms with van der Waals surface area (Å²) < 4.78 is 76.2. The van der Waals surface area contributed by atoms with Crippen molar-refractivity contribution in [2.45, 2.75) is 24.5 Å². The number of phosphoric acid groups is 6. The molecule has 40 heteroatoms. The van der Waals surface area contributed by atoms with E-state index in [4.69, 9.17) is 15.6 Å². The Morgan fingerprint density at radius 1 is 0.680 bits per heavy atom. The Bertz CT molecular complexity index is 1500. The molecule has 1 fully saturated rings. The molecule has 5 N–H and O–H groups in total. The molecule has 1 aliphatic rings. The summed E-state index contributed by atoms with van der Waals surface area (Å²) in [7, 11) is -35.8. The van der Waals surface area contributed by atoms with Crippen molar-refractivity contribution in [1.82, 2.24) is 19.5 Å². The number of aromatic nitrogens is 4. The van der Waals surface area contributed by atoms with E-state index in [0.29, 0.717) is 11.2 Å². The maximum Gasteiger partial charge on any atom is 2.00 e. The first kappa shape index (κ1) is 61.4. The summed E-state index contributed by atoms with van der Waals surface area (Å²) in [5, 5.41) is 28.7. The fraction of sp³-hybridized carbons (Fsp3) is 0.500. The molecule has 262 valence electrons. The van der Waals surface area contributed by atoms with Crippen LogP contribution in [0.15, 0.2) is 12.7 Å². The average Bonchev–Trinajstić information content (AvgIpc) is 3.29. The maximum atomic E-state index is 10.1. The van der Waals surface area contributed by atoms with Crippen molar-refractivity contribution in [2.75, 3.05) is 12.3 Å². The van der Waals surface area contributed by atoms with Crippen molar-refractivity contribution in [3.05, 3.63) is 12.7 Å². The molecule has 3 heterocycles. The van der Waals surface area contributed by atoms with Crippen molar-refractivity contribution in [2.24, 2.45) is 0 Å². The van der Waals surface area contributed by atoms with Crippen LogP contribution in [0.2, 0.25) is 0 Å². The van der Waals surface area contributed by atoms with Crippen LogP contribution in [0.3, 0.4) is 0 Å². The van der Waals surface area contributed by atoms with E-state index in [9.17, 15) is 86.5 Å². The SMILES string of the molecule is Nc1ncnc2c1ncn2[C@@H]1O[C@H](CO)[C@@H](O)[C@H]1O.O=P([O-])([O-])OP(=O)([O-])OP(=O)([O-])[O-].O=P([O-])([O-])OP(=O)([O-])OP(=O)([O-])[O-].[Zn+2].[Zn+2].[Zn+2].[Zn+2].[Zn+2]. The van der Waals surface area contributed by atoms with Gasteiger partial charge in [-0.3, -0.25) is 30.9 Å². The average molecular weight is 1100 g/mol. The third kappa shape index (κ3) is 23.9. The van der Waals surface area contributed by atoms with E-state index >= 15 is 0 Å². The molecule has 1 saturated heterocycles. The van der Waals surface area contributed by atoms with Crippen LogP contribution in [-0.4, -0.2) is 59.8 Å². The van der Waals surface area contributed by atoms with Crippen molar-refractivity contribution in [3.8, 4) is 0 Å².